The van der Waals surface area contributed by atoms with Crippen LogP contribution in [0.5, 0.6) is 0 Å². The van der Waals surface area contributed by atoms with Crippen molar-refractivity contribution in [3.63, 3.8) is 0 Å². The number of ether oxygens (including phenoxy) is 1. The number of rotatable bonds is 6. The van der Waals surface area contributed by atoms with Gasteiger partial charge in [0.1, 0.15) is 0 Å². The third-order valence-corrected chi connectivity index (χ3v) is 5.22. The van der Waals surface area contributed by atoms with E-state index in [1.807, 2.05) is 19.1 Å². The van der Waals surface area contributed by atoms with E-state index in [9.17, 15) is 8.42 Å². The number of nitrogens with one attached hydrogen (secondary N) is 2. The van der Waals surface area contributed by atoms with Crippen molar-refractivity contribution in [3.05, 3.63) is 29.8 Å². The molecule has 0 saturated carbocycles. The molecule has 2 atom stereocenters. The van der Waals surface area contributed by atoms with Crippen molar-refractivity contribution in [3.8, 4) is 0 Å². The molecule has 6 heteroatoms. The second-order valence-electron chi connectivity index (χ2n) is 5.38. The van der Waals surface area contributed by atoms with E-state index in [0.29, 0.717) is 11.5 Å². The molecule has 1 heterocycles. The van der Waals surface area contributed by atoms with Crippen LogP contribution in [0.15, 0.2) is 29.2 Å². The molecule has 0 aromatic heterocycles. The highest BCUT2D eigenvalue weighted by Crippen LogP contribution is 2.17. The van der Waals surface area contributed by atoms with E-state index in [1.165, 1.54) is 0 Å². The minimum absolute atomic E-state index is 0.121. The third kappa shape index (κ3) is 4.51. The Morgan fingerprint density at radius 3 is 2.62 bits per heavy atom. The molecule has 1 saturated heterocycles. The molecule has 2 N–H and O–H groups in total. The summed E-state index contributed by atoms with van der Waals surface area (Å²) in [5, 5.41) is 3.30. The summed E-state index contributed by atoms with van der Waals surface area (Å²) in [7, 11) is -3.47. The summed E-state index contributed by atoms with van der Waals surface area (Å²) in [6, 6.07) is 7.14. The molecule has 5 nitrogen and oxygen atoms in total. The van der Waals surface area contributed by atoms with Gasteiger partial charge in [-0.25, -0.2) is 13.1 Å². The zero-order valence-electron chi connectivity index (χ0n) is 12.6. The first kappa shape index (κ1) is 16.4. The van der Waals surface area contributed by atoms with Crippen LogP contribution in [0.1, 0.15) is 38.3 Å². The molecule has 1 fully saturated rings. The highest BCUT2D eigenvalue weighted by Gasteiger charge is 2.22. The van der Waals surface area contributed by atoms with E-state index in [4.69, 9.17) is 4.74 Å². The smallest absolute Gasteiger partial charge is 0.240 e. The minimum atomic E-state index is -3.47. The lowest BCUT2D eigenvalue weighted by atomic mass is 10.1. The van der Waals surface area contributed by atoms with E-state index in [1.54, 1.807) is 12.1 Å². The second kappa shape index (κ2) is 7.35. The zero-order chi connectivity index (χ0) is 15.3. The first-order valence-corrected chi connectivity index (χ1v) is 8.94. The molecule has 2 unspecified atom stereocenters. The van der Waals surface area contributed by atoms with Gasteiger partial charge in [0.25, 0.3) is 0 Å². The van der Waals surface area contributed by atoms with E-state index < -0.39 is 10.0 Å². The van der Waals surface area contributed by atoms with E-state index in [-0.39, 0.29) is 12.1 Å². The van der Waals surface area contributed by atoms with Crippen molar-refractivity contribution in [1.29, 1.82) is 0 Å². The summed E-state index contributed by atoms with van der Waals surface area (Å²) < 4.78 is 32.7. The summed E-state index contributed by atoms with van der Waals surface area (Å²) in [5.74, 6) is 0. The molecule has 0 bridgehead atoms. The van der Waals surface area contributed by atoms with Gasteiger partial charge in [0, 0.05) is 18.7 Å². The first-order valence-electron chi connectivity index (χ1n) is 7.46. The molecule has 1 aromatic rings. The number of hydrogen-bond donors (Lipinski definition) is 2. The molecule has 1 aliphatic heterocycles. The highest BCUT2D eigenvalue weighted by atomic mass is 32.2. The molecule has 0 amide bonds. The minimum Gasteiger partial charge on any atom is -0.380 e. The maximum absolute atomic E-state index is 12.3. The average Bonchev–Trinajstić information content (AvgIpc) is 2.48. The Labute approximate surface area is 127 Å². The molecule has 2 rings (SSSR count). The van der Waals surface area contributed by atoms with Gasteiger partial charge >= 0.3 is 0 Å². The predicted octanol–water partition coefficient (Wildman–Crippen LogP) is 1.81. The van der Waals surface area contributed by atoms with Crippen LogP contribution in [0.4, 0.5) is 0 Å². The average molecular weight is 312 g/mol. The van der Waals surface area contributed by atoms with Crippen molar-refractivity contribution in [2.45, 2.75) is 43.7 Å². The van der Waals surface area contributed by atoms with Crippen LogP contribution < -0.4 is 10.0 Å². The second-order valence-corrected chi connectivity index (χ2v) is 7.10. The van der Waals surface area contributed by atoms with Gasteiger partial charge in [0.2, 0.25) is 10.0 Å². The zero-order valence-corrected chi connectivity index (χ0v) is 13.4. The Kier molecular flexibility index (Phi) is 5.75. The lowest BCUT2D eigenvalue weighted by Crippen LogP contribution is -2.40. The van der Waals surface area contributed by atoms with E-state index in [2.05, 4.69) is 17.0 Å². The van der Waals surface area contributed by atoms with Crippen LogP contribution >= 0.6 is 0 Å². The summed E-state index contributed by atoms with van der Waals surface area (Å²) in [6.45, 7) is 6.16. The van der Waals surface area contributed by atoms with Crippen LogP contribution in [-0.2, 0) is 14.8 Å². The molecule has 1 aromatic carbocycles. The number of sulfonamides is 1. The van der Waals surface area contributed by atoms with Crippen LogP contribution in [0.3, 0.4) is 0 Å². The Hall–Kier alpha value is -0.950. The highest BCUT2D eigenvalue weighted by molar-refractivity contribution is 7.89. The molecular formula is C15H24N2O3S. The maximum atomic E-state index is 12.3. The summed E-state index contributed by atoms with van der Waals surface area (Å²) in [6.07, 6.45) is 1.72. The van der Waals surface area contributed by atoms with Crippen molar-refractivity contribution in [2.24, 2.45) is 0 Å². The van der Waals surface area contributed by atoms with Crippen LogP contribution in [0.2, 0.25) is 0 Å². The SMILES string of the molecule is CCNC(C)c1ccc(S(=O)(=O)NC2CCCOC2)cc1. The lowest BCUT2D eigenvalue weighted by molar-refractivity contribution is 0.0774. The van der Waals surface area contributed by atoms with Gasteiger partial charge in [-0.1, -0.05) is 19.1 Å². The van der Waals surface area contributed by atoms with E-state index >= 15 is 0 Å². The molecule has 0 spiro atoms. The monoisotopic (exact) mass is 312 g/mol. The van der Waals surface area contributed by atoms with Crippen LogP contribution in [0, 0.1) is 0 Å². The number of benzene rings is 1. The van der Waals surface area contributed by atoms with Gasteiger partial charge in [-0.3, -0.25) is 0 Å². The summed E-state index contributed by atoms with van der Waals surface area (Å²) in [5.41, 5.74) is 1.08. The van der Waals surface area contributed by atoms with Gasteiger partial charge in [-0.2, -0.15) is 0 Å². The molecule has 0 aliphatic carbocycles. The first-order chi connectivity index (χ1) is 10.0. The molecule has 118 valence electrons. The summed E-state index contributed by atoms with van der Waals surface area (Å²) >= 11 is 0. The van der Waals surface area contributed by atoms with Gasteiger partial charge in [0.05, 0.1) is 11.5 Å². The van der Waals surface area contributed by atoms with Crippen molar-refractivity contribution in [1.82, 2.24) is 10.0 Å². The van der Waals surface area contributed by atoms with Crippen molar-refractivity contribution >= 4 is 10.0 Å². The Balaban J connectivity index is 2.05. The molecular weight excluding hydrogens is 288 g/mol. The normalized spacial score (nSPS) is 21.1. The quantitative estimate of drug-likeness (QED) is 0.841. The molecule has 0 radical (unpaired) electrons. The number of hydrogen-bond acceptors (Lipinski definition) is 4. The lowest BCUT2D eigenvalue weighted by Gasteiger charge is -2.23. The molecule has 21 heavy (non-hydrogen) atoms. The Morgan fingerprint density at radius 2 is 2.05 bits per heavy atom. The Bertz CT molecular complexity index is 537. The van der Waals surface area contributed by atoms with E-state index in [0.717, 1.165) is 31.6 Å². The van der Waals surface area contributed by atoms with Crippen molar-refractivity contribution < 1.29 is 13.2 Å². The van der Waals surface area contributed by atoms with Crippen molar-refractivity contribution in [2.75, 3.05) is 19.8 Å². The van der Waals surface area contributed by atoms with Gasteiger partial charge in [-0.05, 0) is 44.0 Å². The van der Waals surface area contributed by atoms with Crippen LogP contribution in [-0.4, -0.2) is 34.2 Å². The van der Waals surface area contributed by atoms with Gasteiger partial charge in [0.15, 0.2) is 0 Å². The summed E-state index contributed by atoms with van der Waals surface area (Å²) in [4.78, 5) is 0.306. The fraction of sp³-hybridized carbons (Fsp3) is 0.600. The molecule has 1 aliphatic rings. The Morgan fingerprint density at radius 1 is 1.33 bits per heavy atom. The fourth-order valence-corrected chi connectivity index (χ4v) is 3.74. The fourth-order valence-electron chi connectivity index (χ4n) is 2.48. The topological polar surface area (TPSA) is 67.4 Å². The predicted molar refractivity (Wildman–Crippen MR) is 82.7 cm³/mol. The standard InChI is InChI=1S/C15H24N2O3S/c1-3-16-12(2)13-6-8-15(9-7-13)21(18,19)17-14-5-4-10-20-11-14/h6-9,12,14,16-17H,3-5,10-11H2,1-2H3. The van der Waals surface area contributed by atoms with Gasteiger partial charge in [-0.15, -0.1) is 0 Å². The maximum Gasteiger partial charge on any atom is 0.240 e. The van der Waals surface area contributed by atoms with Gasteiger partial charge < -0.3 is 10.1 Å². The largest absolute Gasteiger partial charge is 0.380 e. The third-order valence-electron chi connectivity index (χ3n) is 3.68. The van der Waals surface area contributed by atoms with Crippen LogP contribution in [0.25, 0.3) is 0 Å².